The van der Waals surface area contributed by atoms with Crippen molar-refractivity contribution in [1.29, 1.82) is 0 Å². The van der Waals surface area contributed by atoms with Crippen LogP contribution in [-0.4, -0.2) is 35.7 Å². The molecular weight excluding hydrogens is 258 g/mol. The third-order valence-electron chi connectivity index (χ3n) is 3.46. The number of ether oxygens (including phenoxy) is 1. The highest BCUT2D eigenvalue weighted by molar-refractivity contribution is 6.23. The molecule has 0 aromatic carbocycles. The Kier molecular flexibility index (Phi) is 4.73. The lowest BCUT2D eigenvalue weighted by molar-refractivity contribution is -0.150. The van der Waals surface area contributed by atoms with Gasteiger partial charge in [0.2, 0.25) is 0 Å². The molecule has 0 saturated heterocycles. The van der Waals surface area contributed by atoms with Crippen molar-refractivity contribution in [1.82, 2.24) is 0 Å². The summed E-state index contributed by atoms with van der Waals surface area (Å²) in [5.41, 5.74) is -0.0455. The molecule has 0 aromatic heterocycles. The van der Waals surface area contributed by atoms with Crippen LogP contribution < -0.4 is 0 Å². The molecule has 5 nitrogen and oxygen atoms in total. The molecule has 0 aliphatic heterocycles. The number of carbonyl (C=O) groups excluding carboxylic acids is 2. The lowest BCUT2D eigenvalue weighted by atomic mass is 9.68. The minimum Gasteiger partial charge on any atom is -0.511 e. The number of nitrogens with zero attached hydrogens (tertiary/aromatic N) is 1. The highest BCUT2D eigenvalue weighted by Crippen LogP contribution is 2.42. The van der Waals surface area contributed by atoms with E-state index in [0.29, 0.717) is 5.71 Å². The Labute approximate surface area is 119 Å². The van der Waals surface area contributed by atoms with Gasteiger partial charge in [-0.1, -0.05) is 13.8 Å². The fourth-order valence-electron chi connectivity index (χ4n) is 2.65. The Morgan fingerprint density at radius 3 is 2.45 bits per heavy atom. The maximum atomic E-state index is 12.2. The summed E-state index contributed by atoms with van der Waals surface area (Å²) in [6, 6.07) is 0.00890. The number of aliphatic imine (C=N–C) groups is 1. The van der Waals surface area contributed by atoms with E-state index in [1.54, 1.807) is 20.8 Å². The van der Waals surface area contributed by atoms with E-state index in [-0.39, 0.29) is 29.6 Å². The monoisotopic (exact) mass is 281 g/mol. The number of aliphatic hydroxyl groups is 1. The average Bonchev–Trinajstić information content (AvgIpc) is 2.25. The zero-order valence-corrected chi connectivity index (χ0v) is 13.0. The fourth-order valence-corrected chi connectivity index (χ4v) is 2.65. The van der Waals surface area contributed by atoms with Gasteiger partial charge in [-0.3, -0.25) is 14.6 Å². The van der Waals surface area contributed by atoms with Crippen molar-refractivity contribution in [3.8, 4) is 0 Å². The van der Waals surface area contributed by atoms with Gasteiger partial charge in [-0.05, 0) is 26.2 Å². The number of ketones is 1. The third kappa shape index (κ3) is 3.08. The highest BCUT2D eigenvalue weighted by atomic mass is 16.5. The summed E-state index contributed by atoms with van der Waals surface area (Å²) in [5.74, 6) is -1.78. The second kappa shape index (κ2) is 5.77. The van der Waals surface area contributed by atoms with Crippen molar-refractivity contribution >= 4 is 17.5 Å². The van der Waals surface area contributed by atoms with Gasteiger partial charge in [-0.2, -0.15) is 0 Å². The molecule has 0 heterocycles. The zero-order valence-electron chi connectivity index (χ0n) is 13.0. The van der Waals surface area contributed by atoms with Crippen molar-refractivity contribution in [3.05, 3.63) is 11.3 Å². The molecular formula is C15H23NO4. The first-order chi connectivity index (χ1) is 9.11. The molecule has 0 aromatic rings. The minimum absolute atomic E-state index is 0.00890. The molecule has 0 radical (unpaired) electrons. The lowest BCUT2D eigenvalue weighted by Crippen LogP contribution is -2.41. The Balaban J connectivity index is 3.41. The van der Waals surface area contributed by atoms with Crippen molar-refractivity contribution in [2.45, 2.75) is 47.1 Å². The standard InChI is InChI=1S/C15H23NO4/c1-8(2)16-9(3)11-10(17)7-15(4,5)12(13(11)18)14(19)20-6/h8,12,18H,7H2,1-6H3/t12-/m0/s1. The van der Waals surface area contributed by atoms with Gasteiger partial charge in [0.15, 0.2) is 5.78 Å². The van der Waals surface area contributed by atoms with Crippen LogP contribution in [0.3, 0.4) is 0 Å². The molecule has 0 amide bonds. The second-order valence-electron chi connectivity index (χ2n) is 6.11. The summed E-state index contributed by atoms with van der Waals surface area (Å²) in [7, 11) is 1.27. The Bertz CT molecular complexity index is 486. The van der Waals surface area contributed by atoms with E-state index in [9.17, 15) is 14.7 Å². The Morgan fingerprint density at radius 1 is 1.45 bits per heavy atom. The van der Waals surface area contributed by atoms with Gasteiger partial charge in [-0.15, -0.1) is 0 Å². The van der Waals surface area contributed by atoms with Crippen molar-refractivity contribution in [3.63, 3.8) is 0 Å². The molecule has 0 unspecified atom stereocenters. The average molecular weight is 281 g/mol. The predicted octanol–water partition coefficient (Wildman–Crippen LogP) is 2.46. The Hall–Kier alpha value is -1.65. The van der Waals surface area contributed by atoms with Crippen molar-refractivity contribution in [2.24, 2.45) is 16.3 Å². The first-order valence-corrected chi connectivity index (χ1v) is 6.70. The van der Waals surface area contributed by atoms with Crippen LogP contribution in [0.5, 0.6) is 0 Å². The molecule has 1 rings (SSSR count). The second-order valence-corrected chi connectivity index (χ2v) is 6.11. The smallest absolute Gasteiger partial charge is 0.316 e. The number of hydrogen-bond donors (Lipinski definition) is 1. The number of hydrogen-bond acceptors (Lipinski definition) is 5. The number of allylic oxidation sites excluding steroid dienone is 1. The number of rotatable bonds is 3. The van der Waals surface area contributed by atoms with E-state index in [2.05, 4.69) is 4.99 Å². The summed E-state index contributed by atoms with van der Waals surface area (Å²) in [6.07, 6.45) is 0.178. The summed E-state index contributed by atoms with van der Waals surface area (Å²) >= 11 is 0. The van der Waals surface area contributed by atoms with E-state index in [1.807, 2.05) is 13.8 Å². The first kappa shape index (κ1) is 16.4. The van der Waals surface area contributed by atoms with Crippen LogP contribution >= 0.6 is 0 Å². The van der Waals surface area contributed by atoms with E-state index >= 15 is 0 Å². The summed E-state index contributed by atoms with van der Waals surface area (Å²) in [4.78, 5) is 28.5. The van der Waals surface area contributed by atoms with Crippen LogP contribution in [0.25, 0.3) is 0 Å². The molecule has 1 aliphatic carbocycles. The maximum absolute atomic E-state index is 12.2. The molecule has 0 spiro atoms. The van der Waals surface area contributed by atoms with Crippen LogP contribution in [0.4, 0.5) is 0 Å². The molecule has 20 heavy (non-hydrogen) atoms. The summed E-state index contributed by atoms with van der Waals surface area (Å²) in [6.45, 7) is 8.99. The van der Waals surface area contributed by atoms with E-state index in [4.69, 9.17) is 4.74 Å². The van der Waals surface area contributed by atoms with Crippen LogP contribution in [0, 0.1) is 11.3 Å². The molecule has 1 N–H and O–H groups in total. The van der Waals surface area contributed by atoms with Gasteiger partial charge < -0.3 is 9.84 Å². The fraction of sp³-hybridized carbons (Fsp3) is 0.667. The maximum Gasteiger partial charge on any atom is 0.316 e. The summed E-state index contributed by atoms with van der Waals surface area (Å²) in [5, 5.41) is 10.4. The topological polar surface area (TPSA) is 76.0 Å². The van der Waals surface area contributed by atoms with Crippen LogP contribution in [0.15, 0.2) is 16.3 Å². The number of aliphatic hydroxyl groups excluding tert-OH is 1. The van der Waals surface area contributed by atoms with Gasteiger partial charge in [0.05, 0.1) is 12.7 Å². The quantitative estimate of drug-likeness (QED) is 0.637. The summed E-state index contributed by atoms with van der Waals surface area (Å²) < 4.78 is 4.76. The molecule has 1 atom stereocenters. The Morgan fingerprint density at radius 2 is 2.00 bits per heavy atom. The molecule has 5 heteroatoms. The van der Waals surface area contributed by atoms with Crippen molar-refractivity contribution in [2.75, 3.05) is 7.11 Å². The van der Waals surface area contributed by atoms with Gasteiger partial charge in [0, 0.05) is 18.2 Å². The van der Waals surface area contributed by atoms with Gasteiger partial charge in [0.25, 0.3) is 0 Å². The largest absolute Gasteiger partial charge is 0.511 e. The predicted molar refractivity (Wildman–Crippen MR) is 76.8 cm³/mol. The van der Waals surface area contributed by atoms with Gasteiger partial charge in [-0.25, -0.2) is 0 Å². The van der Waals surface area contributed by atoms with Gasteiger partial charge in [0.1, 0.15) is 11.7 Å². The van der Waals surface area contributed by atoms with E-state index in [0.717, 1.165) is 0 Å². The molecule has 0 fully saturated rings. The molecule has 0 bridgehead atoms. The molecule has 1 aliphatic rings. The number of methoxy groups -OCH3 is 1. The normalized spacial score (nSPS) is 23.2. The van der Waals surface area contributed by atoms with Crippen LogP contribution in [0.1, 0.15) is 41.0 Å². The number of esters is 1. The third-order valence-corrected chi connectivity index (χ3v) is 3.46. The number of carbonyl (C=O) groups is 2. The molecule has 112 valence electrons. The van der Waals surface area contributed by atoms with Crippen LogP contribution in [0.2, 0.25) is 0 Å². The molecule has 0 saturated carbocycles. The lowest BCUT2D eigenvalue weighted by Gasteiger charge is -2.36. The van der Waals surface area contributed by atoms with Crippen molar-refractivity contribution < 1.29 is 19.4 Å². The first-order valence-electron chi connectivity index (χ1n) is 6.70. The van der Waals surface area contributed by atoms with E-state index < -0.39 is 17.3 Å². The highest BCUT2D eigenvalue weighted by Gasteiger charge is 2.47. The zero-order chi connectivity index (χ0) is 15.7. The number of Topliss-reactive ketones (excluding diaryl/α,β-unsaturated/α-hetero) is 1. The SMILES string of the molecule is COC(=O)[C@@H]1C(O)=C(C(C)=NC(C)C)C(=O)CC1(C)C. The van der Waals surface area contributed by atoms with Gasteiger partial charge >= 0.3 is 5.97 Å². The van der Waals surface area contributed by atoms with E-state index in [1.165, 1.54) is 7.11 Å². The van der Waals surface area contributed by atoms with Crippen LogP contribution in [-0.2, 0) is 14.3 Å². The minimum atomic E-state index is -0.836.